The molecule has 1 aromatic rings. The second-order valence-corrected chi connectivity index (χ2v) is 5.71. The Labute approximate surface area is 142 Å². The van der Waals surface area contributed by atoms with Gasteiger partial charge in [0.1, 0.15) is 11.5 Å². The number of benzene rings is 1. The average Bonchev–Trinajstić information content (AvgIpc) is 2.60. The molecule has 0 bridgehead atoms. The Hall–Kier alpha value is -2.30. The molecule has 1 heterocycles. The Morgan fingerprint density at radius 1 is 1.21 bits per heavy atom. The Morgan fingerprint density at radius 3 is 2.50 bits per heavy atom. The van der Waals surface area contributed by atoms with E-state index in [1.807, 2.05) is 6.92 Å². The lowest BCUT2D eigenvalue weighted by Crippen LogP contribution is -2.34. The molecule has 0 saturated carbocycles. The van der Waals surface area contributed by atoms with Crippen molar-refractivity contribution in [3.05, 3.63) is 35.9 Å². The zero-order valence-corrected chi connectivity index (χ0v) is 14.4. The molecule has 2 atom stereocenters. The number of hydrogen-bond donors (Lipinski definition) is 0. The molecular weight excluding hydrogens is 308 g/mol. The Kier molecular flexibility index (Phi) is 6.41. The van der Waals surface area contributed by atoms with E-state index in [4.69, 9.17) is 14.2 Å². The van der Waals surface area contributed by atoms with Gasteiger partial charge in [-0.1, -0.05) is 19.8 Å². The molecule has 1 aromatic carbocycles. The van der Waals surface area contributed by atoms with Gasteiger partial charge in [0.15, 0.2) is 0 Å². The van der Waals surface area contributed by atoms with E-state index < -0.39 is 11.8 Å². The fraction of sp³-hybridized carbons (Fsp3) is 0.474. The van der Waals surface area contributed by atoms with Crippen molar-refractivity contribution in [2.45, 2.75) is 33.1 Å². The Morgan fingerprint density at radius 2 is 1.92 bits per heavy atom. The smallest absolute Gasteiger partial charge is 0.315 e. The van der Waals surface area contributed by atoms with Crippen molar-refractivity contribution >= 4 is 17.7 Å². The summed E-state index contributed by atoms with van der Waals surface area (Å²) in [4.78, 5) is 24.7. The maximum atomic E-state index is 12.4. The SMILES string of the molecule is CCCC[C@@H]1C(=O)OC(c2ccc(OC)cc2)=C[C@@H]1C(=O)OCC. The summed E-state index contributed by atoms with van der Waals surface area (Å²) in [7, 11) is 1.59. The molecule has 1 aliphatic rings. The van der Waals surface area contributed by atoms with Crippen molar-refractivity contribution in [1.82, 2.24) is 0 Å². The zero-order chi connectivity index (χ0) is 17.5. The minimum absolute atomic E-state index is 0.288. The lowest BCUT2D eigenvalue weighted by molar-refractivity contribution is -0.156. The molecule has 0 spiro atoms. The van der Waals surface area contributed by atoms with Crippen molar-refractivity contribution in [1.29, 1.82) is 0 Å². The van der Waals surface area contributed by atoms with Crippen LogP contribution in [0.1, 0.15) is 38.7 Å². The molecule has 0 amide bonds. The predicted molar refractivity (Wildman–Crippen MR) is 90.2 cm³/mol. The lowest BCUT2D eigenvalue weighted by Gasteiger charge is -2.27. The molecule has 2 rings (SSSR count). The highest BCUT2D eigenvalue weighted by Crippen LogP contribution is 2.33. The molecule has 5 heteroatoms. The fourth-order valence-electron chi connectivity index (χ4n) is 2.75. The van der Waals surface area contributed by atoms with E-state index in [1.165, 1.54) is 0 Å². The van der Waals surface area contributed by atoms with Gasteiger partial charge in [-0.05, 0) is 43.7 Å². The van der Waals surface area contributed by atoms with Crippen molar-refractivity contribution in [3.8, 4) is 5.75 Å². The van der Waals surface area contributed by atoms with Crippen LogP contribution >= 0.6 is 0 Å². The van der Waals surface area contributed by atoms with Gasteiger partial charge in [0.2, 0.25) is 0 Å². The summed E-state index contributed by atoms with van der Waals surface area (Å²) in [5.41, 5.74) is 0.729. The minimum atomic E-state index is -0.602. The number of unbranched alkanes of at least 4 members (excludes halogenated alkanes) is 1. The first kappa shape index (κ1) is 18.0. The predicted octanol–water partition coefficient (Wildman–Crippen LogP) is 3.58. The van der Waals surface area contributed by atoms with E-state index in [1.54, 1.807) is 44.4 Å². The number of carbonyl (C=O) groups is 2. The van der Waals surface area contributed by atoms with E-state index in [2.05, 4.69) is 0 Å². The Balaban J connectivity index is 2.30. The van der Waals surface area contributed by atoms with Crippen LogP contribution < -0.4 is 4.74 Å². The lowest BCUT2D eigenvalue weighted by atomic mass is 9.85. The molecule has 130 valence electrons. The summed E-state index contributed by atoms with van der Waals surface area (Å²) in [6, 6.07) is 7.16. The maximum absolute atomic E-state index is 12.4. The van der Waals surface area contributed by atoms with Crippen molar-refractivity contribution in [3.63, 3.8) is 0 Å². The first-order valence-electron chi connectivity index (χ1n) is 8.35. The largest absolute Gasteiger partial charge is 0.497 e. The highest BCUT2D eigenvalue weighted by atomic mass is 16.5. The molecule has 0 radical (unpaired) electrons. The van der Waals surface area contributed by atoms with Crippen LogP contribution in [-0.4, -0.2) is 25.7 Å². The van der Waals surface area contributed by atoms with Crippen LogP contribution in [0.4, 0.5) is 0 Å². The minimum Gasteiger partial charge on any atom is -0.497 e. The van der Waals surface area contributed by atoms with Gasteiger partial charge in [-0.25, -0.2) is 0 Å². The number of esters is 2. The number of ether oxygens (including phenoxy) is 3. The van der Waals surface area contributed by atoms with Crippen LogP contribution in [-0.2, 0) is 19.1 Å². The molecule has 1 aliphatic heterocycles. The van der Waals surface area contributed by atoms with Gasteiger partial charge in [-0.15, -0.1) is 0 Å². The third-order valence-electron chi connectivity index (χ3n) is 4.08. The van der Waals surface area contributed by atoms with Crippen molar-refractivity contribution in [2.75, 3.05) is 13.7 Å². The molecule has 0 unspecified atom stereocenters. The summed E-state index contributed by atoms with van der Waals surface area (Å²) in [6.07, 6.45) is 4.14. The molecule has 0 N–H and O–H groups in total. The number of rotatable bonds is 7. The summed E-state index contributed by atoms with van der Waals surface area (Å²) in [6.45, 7) is 4.09. The van der Waals surface area contributed by atoms with Gasteiger partial charge >= 0.3 is 11.9 Å². The first-order valence-corrected chi connectivity index (χ1v) is 8.35. The van der Waals surface area contributed by atoms with Gasteiger partial charge in [0.05, 0.1) is 25.6 Å². The van der Waals surface area contributed by atoms with Crippen LogP contribution in [0.3, 0.4) is 0 Å². The number of hydrogen-bond acceptors (Lipinski definition) is 5. The summed E-state index contributed by atoms with van der Waals surface area (Å²) < 4.78 is 15.8. The molecule has 5 nitrogen and oxygen atoms in total. The van der Waals surface area contributed by atoms with Crippen LogP contribution in [0.25, 0.3) is 5.76 Å². The maximum Gasteiger partial charge on any atom is 0.315 e. The molecule has 0 aliphatic carbocycles. The van der Waals surface area contributed by atoms with Crippen molar-refractivity contribution < 1.29 is 23.8 Å². The highest BCUT2D eigenvalue weighted by molar-refractivity contribution is 5.90. The van der Waals surface area contributed by atoms with Gasteiger partial charge in [-0.3, -0.25) is 9.59 Å². The van der Waals surface area contributed by atoms with Gasteiger partial charge in [0.25, 0.3) is 0 Å². The van der Waals surface area contributed by atoms with Gasteiger partial charge in [-0.2, -0.15) is 0 Å². The van der Waals surface area contributed by atoms with Crippen LogP contribution in [0.2, 0.25) is 0 Å². The second-order valence-electron chi connectivity index (χ2n) is 5.71. The second kappa shape index (κ2) is 8.52. The molecule has 0 saturated heterocycles. The Bertz CT molecular complexity index is 603. The van der Waals surface area contributed by atoms with E-state index in [0.29, 0.717) is 17.9 Å². The summed E-state index contributed by atoms with van der Waals surface area (Å²) >= 11 is 0. The highest BCUT2D eigenvalue weighted by Gasteiger charge is 2.38. The van der Waals surface area contributed by atoms with Gasteiger partial charge < -0.3 is 14.2 Å². The van der Waals surface area contributed by atoms with Crippen molar-refractivity contribution in [2.24, 2.45) is 11.8 Å². The van der Waals surface area contributed by atoms with E-state index in [9.17, 15) is 9.59 Å². The quantitative estimate of drug-likeness (QED) is 0.714. The van der Waals surface area contributed by atoms with Gasteiger partial charge in [0, 0.05) is 5.56 Å². The van der Waals surface area contributed by atoms with Crippen LogP contribution in [0.15, 0.2) is 30.3 Å². The number of cyclic esters (lactones) is 1. The van der Waals surface area contributed by atoms with E-state index in [-0.39, 0.29) is 18.5 Å². The first-order chi connectivity index (χ1) is 11.6. The topological polar surface area (TPSA) is 61.8 Å². The molecule has 0 aromatic heterocycles. The molecular formula is C19H24O5. The summed E-state index contributed by atoms with van der Waals surface area (Å²) in [5, 5.41) is 0. The third-order valence-corrected chi connectivity index (χ3v) is 4.08. The van der Waals surface area contributed by atoms with Crippen LogP contribution in [0, 0.1) is 11.8 Å². The normalized spacial score (nSPS) is 20.1. The van der Waals surface area contributed by atoms with E-state index in [0.717, 1.165) is 18.4 Å². The summed E-state index contributed by atoms with van der Waals surface area (Å²) in [5.74, 6) is -0.713. The zero-order valence-electron chi connectivity index (χ0n) is 14.4. The van der Waals surface area contributed by atoms with Crippen LogP contribution in [0.5, 0.6) is 5.75 Å². The monoisotopic (exact) mass is 332 g/mol. The molecule has 24 heavy (non-hydrogen) atoms. The standard InChI is InChI=1S/C19H24O5/c1-4-6-7-15-16(18(20)23-5-2)12-17(24-19(15)21)13-8-10-14(22-3)11-9-13/h8-12,15-16H,4-7H2,1-3H3/t15-,16-/m0/s1. The van der Waals surface area contributed by atoms with E-state index >= 15 is 0 Å². The molecule has 0 fully saturated rings. The third kappa shape index (κ3) is 4.16. The average molecular weight is 332 g/mol. The fourth-order valence-corrected chi connectivity index (χ4v) is 2.75. The number of methoxy groups -OCH3 is 1. The number of carbonyl (C=O) groups excluding carboxylic acids is 2.